The summed E-state index contributed by atoms with van der Waals surface area (Å²) in [6.07, 6.45) is 0.500. The molecule has 1 aliphatic carbocycles. The standard InChI is InChI=1S/C13H16O8/c1-2-3-21-13(20)9-5-7(11(16)17)6(10(14)15)4-8(9)12(18)19/h2,6-9H,1,3-5H2,(H,14,15)(H,16,17)(H,18,19). The summed E-state index contributed by atoms with van der Waals surface area (Å²) in [4.78, 5) is 45.3. The molecule has 8 heteroatoms. The molecule has 1 rings (SSSR count). The van der Waals surface area contributed by atoms with Gasteiger partial charge in [-0.15, -0.1) is 0 Å². The van der Waals surface area contributed by atoms with Gasteiger partial charge in [0.25, 0.3) is 0 Å². The number of carbonyl (C=O) groups excluding carboxylic acids is 1. The van der Waals surface area contributed by atoms with Gasteiger partial charge < -0.3 is 20.1 Å². The summed E-state index contributed by atoms with van der Waals surface area (Å²) in [6.45, 7) is 3.22. The first kappa shape index (κ1) is 16.7. The Labute approximate surface area is 120 Å². The lowest BCUT2D eigenvalue weighted by Gasteiger charge is -2.34. The van der Waals surface area contributed by atoms with Crippen molar-refractivity contribution in [1.82, 2.24) is 0 Å². The molecular weight excluding hydrogens is 284 g/mol. The van der Waals surface area contributed by atoms with Crippen LogP contribution in [0.5, 0.6) is 0 Å². The highest BCUT2D eigenvalue weighted by molar-refractivity contribution is 5.86. The van der Waals surface area contributed by atoms with Crippen molar-refractivity contribution >= 4 is 23.9 Å². The largest absolute Gasteiger partial charge is 0.481 e. The molecule has 0 aliphatic heterocycles. The zero-order valence-electron chi connectivity index (χ0n) is 11.1. The lowest BCUT2D eigenvalue weighted by atomic mass is 9.68. The van der Waals surface area contributed by atoms with Crippen molar-refractivity contribution in [2.75, 3.05) is 6.61 Å². The molecule has 0 aromatic heterocycles. The van der Waals surface area contributed by atoms with Crippen LogP contribution in [-0.4, -0.2) is 45.8 Å². The fraction of sp³-hybridized carbons (Fsp3) is 0.538. The van der Waals surface area contributed by atoms with Gasteiger partial charge in [-0.3, -0.25) is 19.2 Å². The zero-order chi connectivity index (χ0) is 16.2. The summed E-state index contributed by atoms with van der Waals surface area (Å²) in [5.74, 6) is -10.1. The minimum Gasteiger partial charge on any atom is -0.481 e. The van der Waals surface area contributed by atoms with Crippen LogP contribution in [-0.2, 0) is 23.9 Å². The number of esters is 1. The van der Waals surface area contributed by atoms with Crippen LogP contribution in [0, 0.1) is 23.7 Å². The Morgan fingerprint density at radius 2 is 1.29 bits per heavy atom. The molecular formula is C13H16O8. The molecule has 116 valence electrons. The van der Waals surface area contributed by atoms with E-state index in [9.17, 15) is 19.2 Å². The van der Waals surface area contributed by atoms with Crippen LogP contribution in [0.3, 0.4) is 0 Å². The second-order valence-electron chi connectivity index (χ2n) is 4.83. The molecule has 1 aliphatic rings. The number of ether oxygens (including phenoxy) is 1. The topological polar surface area (TPSA) is 138 Å². The predicted molar refractivity (Wildman–Crippen MR) is 67.3 cm³/mol. The molecule has 0 saturated heterocycles. The molecule has 0 heterocycles. The SMILES string of the molecule is C=CCOC(=O)C1CC(C(=O)O)C(C(=O)O)CC1C(=O)O. The van der Waals surface area contributed by atoms with Crippen molar-refractivity contribution in [2.24, 2.45) is 23.7 Å². The summed E-state index contributed by atoms with van der Waals surface area (Å²) >= 11 is 0. The quantitative estimate of drug-likeness (QED) is 0.468. The normalized spacial score (nSPS) is 28.4. The molecule has 8 nitrogen and oxygen atoms in total. The Hall–Kier alpha value is -2.38. The molecule has 0 amide bonds. The smallest absolute Gasteiger partial charge is 0.310 e. The molecule has 0 bridgehead atoms. The molecule has 0 aromatic carbocycles. The summed E-state index contributed by atoms with van der Waals surface area (Å²) < 4.78 is 4.77. The van der Waals surface area contributed by atoms with Crippen LogP contribution < -0.4 is 0 Å². The van der Waals surface area contributed by atoms with Crippen molar-refractivity contribution in [1.29, 1.82) is 0 Å². The zero-order valence-corrected chi connectivity index (χ0v) is 11.1. The summed E-state index contributed by atoms with van der Waals surface area (Å²) in [7, 11) is 0. The van der Waals surface area contributed by atoms with Crippen LogP contribution in [0.25, 0.3) is 0 Å². The third kappa shape index (κ3) is 3.80. The Morgan fingerprint density at radius 3 is 1.67 bits per heavy atom. The third-order valence-corrected chi connectivity index (χ3v) is 3.58. The summed E-state index contributed by atoms with van der Waals surface area (Å²) in [5.41, 5.74) is 0. The van der Waals surface area contributed by atoms with Crippen LogP contribution in [0.15, 0.2) is 12.7 Å². The van der Waals surface area contributed by atoms with Gasteiger partial charge in [-0.2, -0.15) is 0 Å². The minimum absolute atomic E-state index is 0.123. The van der Waals surface area contributed by atoms with Crippen LogP contribution >= 0.6 is 0 Å². The van der Waals surface area contributed by atoms with Gasteiger partial charge in [0.05, 0.1) is 23.7 Å². The van der Waals surface area contributed by atoms with Gasteiger partial charge in [0.15, 0.2) is 0 Å². The number of hydrogen-bond acceptors (Lipinski definition) is 5. The van der Waals surface area contributed by atoms with E-state index in [0.29, 0.717) is 0 Å². The second kappa shape index (κ2) is 6.87. The third-order valence-electron chi connectivity index (χ3n) is 3.58. The monoisotopic (exact) mass is 300 g/mol. The Morgan fingerprint density at radius 1 is 0.905 bits per heavy atom. The van der Waals surface area contributed by atoms with Crippen LogP contribution in [0.1, 0.15) is 12.8 Å². The highest BCUT2D eigenvalue weighted by atomic mass is 16.5. The van der Waals surface area contributed by atoms with E-state index in [1.807, 2.05) is 0 Å². The lowest BCUT2D eigenvalue weighted by molar-refractivity contribution is -0.169. The second-order valence-corrected chi connectivity index (χ2v) is 4.83. The van der Waals surface area contributed by atoms with Crippen molar-refractivity contribution in [3.63, 3.8) is 0 Å². The molecule has 4 atom stereocenters. The minimum atomic E-state index is -1.38. The maximum absolute atomic E-state index is 11.8. The molecule has 0 spiro atoms. The van der Waals surface area contributed by atoms with Crippen molar-refractivity contribution in [3.05, 3.63) is 12.7 Å². The maximum Gasteiger partial charge on any atom is 0.310 e. The van der Waals surface area contributed by atoms with Gasteiger partial charge >= 0.3 is 23.9 Å². The van der Waals surface area contributed by atoms with Crippen molar-refractivity contribution in [3.8, 4) is 0 Å². The van der Waals surface area contributed by atoms with E-state index in [1.54, 1.807) is 0 Å². The average molecular weight is 300 g/mol. The summed E-state index contributed by atoms with van der Waals surface area (Å²) in [5, 5.41) is 27.3. The van der Waals surface area contributed by atoms with Gasteiger partial charge in [0.2, 0.25) is 0 Å². The molecule has 3 N–H and O–H groups in total. The molecule has 1 fully saturated rings. The first-order valence-electron chi connectivity index (χ1n) is 6.25. The predicted octanol–water partition coefficient (Wildman–Crippen LogP) is 0.228. The Kier molecular flexibility index (Phi) is 5.45. The van der Waals surface area contributed by atoms with Gasteiger partial charge in [0, 0.05) is 0 Å². The van der Waals surface area contributed by atoms with Crippen molar-refractivity contribution in [2.45, 2.75) is 12.8 Å². The maximum atomic E-state index is 11.8. The first-order valence-corrected chi connectivity index (χ1v) is 6.25. The number of aliphatic carboxylic acids is 3. The fourth-order valence-electron chi connectivity index (χ4n) is 2.53. The number of carboxylic acid groups (broad SMARTS) is 3. The number of carbonyl (C=O) groups is 4. The molecule has 1 saturated carbocycles. The van der Waals surface area contributed by atoms with Crippen LogP contribution in [0.4, 0.5) is 0 Å². The van der Waals surface area contributed by atoms with Gasteiger partial charge in [-0.05, 0) is 12.8 Å². The average Bonchev–Trinajstić information content (AvgIpc) is 2.42. The molecule has 4 unspecified atom stereocenters. The highest BCUT2D eigenvalue weighted by Gasteiger charge is 2.49. The van der Waals surface area contributed by atoms with Gasteiger partial charge in [-0.1, -0.05) is 12.7 Å². The highest BCUT2D eigenvalue weighted by Crippen LogP contribution is 2.39. The van der Waals surface area contributed by atoms with Gasteiger partial charge in [0.1, 0.15) is 6.61 Å². The van der Waals surface area contributed by atoms with E-state index in [2.05, 4.69) is 6.58 Å². The van der Waals surface area contributed by atoms with E-state index in [-0.39, 0.29) is 13.0 Å². The van der Waals surface area contributed by atoms with E-state index >= 15 is 0 Å². The van der Waals surface area contributed by atoms with E-state index in [4.69, 9.17) is 20.1 Å². The fourth-order valence-corrected chi connectivity index (χ4v) is 2.53. The van der Waals surface area contributed by atoms with Gasteiger partial charge in [-0.25, -0.2) is 0 Å². The van der Waals surface area contributed by atoms with Crippen LogP contribution in [0.2, 0.25) is 0 Å². The summed E-state index contributed by atoms with van der Waals surface area (Å²) in [6, 6.07) is 0. The number of carboxylic acids is 3. The Balaban J connectivity index is 3.02. The number of hydrogen-bond donors (Lipinski definition) is 3. The molecule has 0 aromatic rings. The van der Waals surface area contributed by atoms with Crippen molar-refractivity contribution < 1.29 is 39.2 Å². The Bertz CT molecular complexity index is 469. The van der Waals surface area contributed by atoms with E-state index in [0.717, 1.165) is 0 Å². The van der Waals surface area contributed by atoms with E-state index in [1.165, 1.54) is 6.08 Å². The molecule has 0 radical (unpaired) electrons. The first-order chi connectivity index (χ1) is 9.79. The lowest BCUT2D eigenvalue weighted by Crippen LogP contribution is -2.45. The number of rotatable bonds is 6. The molecule has 21 heavy (non-hydrogen) atoms. The van der Waals surface area contributed by atoms with E-state index < -0.39 is 54.0 Å².